The van der Waals surface area contributed by atoms with Crippen molar-refractivity contribution in [1.82, 2.24) is 5.32 Å². The highest BCUT2D eigenvalue weighted by Gasteiger charge is 2.58. The summed E-state index contributed by atoms with van der Waals surface area (Å²) in [5.41, 5.74) is 0.630. The summed E-state index contributed by atoms with van der Waals surface area (Å²) in [6.07, 6.45) is -0.899. The van der Waals surface area contributed by atoms with E-state index in [-0.39, 0.29) is 11.7 Å². The lowest BCUT2D eigenvalue weighted by Crippen LogP contribution is -2.36. The third-order valence-electron chi connectivity index (χ3n) is 2.78. The number of halogens is 1. The first kappa shape index (κ1) is 20.7. The molecule has 130 valence electrons. The van der Waals surface area contributed by atoms with Crippen LogP contribution in [-0.4, -0.2) is 41.4 Å². The summed E-state index contributed by atoms with van der Waals surface area (Å²) >= 11 is 8.20. The largest absolute Gasteiger partial charge is 0.369 e. The van der Waals surface area contributed by atoms with Gasteiger partial charge in [0.2, 0.25) is 0 Å². The lowest BCUT2D eigenvalue weighted by atomic mass is 10.3. The van der Waals surface area contributed by atoms with Crippen molar-refractivity contribution in [2.45, 2.75) is 11.5 Å². The Kier molecular flexibility index (Phi) is 6.92. The molecule has 0 fully saturated rings. The second-order valence-electron chi connectivity index (χ2n) is 4.50. The fraction of sp³-hybridized carbons (Fsp3) is 0.300. The van der Waals surface area contributed by atoms with Gasteiger partial charge in [-0.25, -0.2) is 0 Å². The van der Waals surface area contributed by atoms with Crippen molar-refractivity contribution >= 4 is 54.1 Å². The summed E-state index contributed by atoms with van der Waals surface area (Å²) in [6, 6.07) is 6.93. The molecule has 0 spiro atoms. The average molecular weight is 449 g/mol. The molecule has 9 nitrogen and oxygen atoms in total. The fourth-order valence-corrected chi connectivity index (χ4v) is 4.16. The molecule has 0 amide bonds. The zero-order valence-corrected chi connectivity index (χ0v) is 15.6. The number of hydrogen-bond donors (Lipinski definition) is 7. The maximum Gasteiger partial charge on any atom is 0.369 e. The second-order valence-corrected chi connectivity index (χ2v) is 9.83. The molecule has 0 radical (unpaired) electrons. The zero-order chi connectivity index (χ0) is 17.9. The van der Waals surface area contributed by atoms with Crippen LogP contribution in [0.4, 0.5) is 5.69 Å². The molecule has 0 saturated heterocycles. The van der Waals surface area contributed by atoms with Gasteiger partial charge in [0.05, 0.1) is 0 Å². The van der Waals surface area contributed by atoms with Crippen molar-refractivity contribution in [2.75, 3.05) is 11.9 Å². The van der Waals surface area contributed by atoms with E-state index in [1.165, 1.54) is 0 Å². The Hall–Kier alpha value is -0.350. The molecule has 13 heteroatoms. The van der Waals surface area contributed by atoms with Gasteiger partial charge in [-0.15, -0.1) is 0 Å². The SMILES string of the molecule is O=P(O)(O)C(O)(CCNC(=S)Nc1ccc(Br)cc1)P(=O)(O)O. The Morgan fingerprint density at radius 1 is 1.13 bits per heavy atom. The van der Waals surface area contributed by atoms with E-state index in [0.29, 0.717) is 5.69 Å². The minimum Gasteiger partial charge on any atom is -0.367 e. The van der Waals surface area contributed by atoms with Gasteiger partial charge in [0.25, 0.3) is 5.08 Å². The molecule has 7 N–H and O–H groups in total. The molecule has 0 aromatic heterocycles. The first-order chi connectivity index (χ1) is 10.4. The highest BCUT2D eigenvalue weighted by atomic mass is 79.9. The van der Waals surface area contributed by atoms with Crippen LogP contribution in [0.2, 0.25) is 0 Å². The van der Waals surface area contributed by atoms with Crippen LogP contribution in [0.15, 0.2) is 28.7 Å². The molecule has 0 aliphatic rings. The van der Waals surface area contributed by atoms with Crippen molar-refractivity contribution in [2.24, 2.45) is 0 Å². The van der Waals surface area contributed by atoms with E-state index in [2.05, 4.69) is 26.6 Å². The first-order valence-corrected chi connectivity index (χ1v) is 10.4. The Morgan fingerprint density at radius 2 is 1.61 bits per heavy atom. The van der Waals surface area contributed by atoms with Crippen LogP contribution in [0.5, 0.6) is 0 Å². The van der Waals surface area contributed by atoms with Crippen LogP contribution in [0.3, 0.4) is 0 Å². The third kappa shape index (κ3) is 5.60. The standard InChI is InChI=1S/C10H15BrN2O7P2S/c11-7-1-3-8(4-2-7)13-9(23)12-6-5-10(14,21(15,16)17)22(18,19)20/h1-4,14H,5-6H2,(H2,12,13,23)(H2,15,16,17)(H2,18,19,20). The number of thiocarbonyl (C=S) groups is 1. The van der Waals surface area contributed by atoms with Crippen LogP contribution in [0.25, 0.3) is 0 Å². The summed E-state index contributed by atoms with van der Waals surface area (Å²) in [5, 5.41) is 11.6. The number of nitrogens with one attached hydrogen (secondary N) is 2. The lowest BCUT2D eigenvalue weighted by Gasteiger charge is -2.29. The zero-order valence-electron chi connectivity index (χ0n) is 11.5. The van der Waals surface area contributed by atoms with Gasteiger partial charge in [-0.2, -0.15) is 0 Å². The van der Waals surface area contributed by atoms with Crippen molar-refractivity contribution in [3.63, 3.8) is 0 Å². The van der Waals surface area contributed by atoms with Gasteiger partial charge >= 0.3 is 15.2 Å². The number of anilines is 1. The smallest absolute Gasteiger partial charge is 0.367 e. The maximum atomic E-state index is 11.2. The molecule has 0 bridgehead atoms. The van der Waals surface area contributed by atoms with Gasteiger partial charge in [-0.05, 0) is 36.5 Å². The van der Waals surface area contributed by atoms with Gasteiger partial charge in [-0.3, -0.25) is 9.13 Å². The van der Waals surface area contributed by atoms with E-state index < -0.39 is 26.7 Å². The Balaban J connectivity index is 2.64. The summed E-state index contributed by atoms with van der Waals surface area (Å²) in [5.74, 6) is 0. The second kappa shape index (κ2) is 7.69. The Labute approximate surface area is 145 Å². The minimum absolute atomic E-state index is 0.0612. The van der Waals surface area contributed by atoms with Crippen molar-refractivity contribution in [1.29, 1.82) is 0 Å². The minimum atomic E-state index is -5.46. The Bertz CT molecular complexity index is 638. The highest BCUT2D eigenvalue weighted by molar-refractivity contribution is 9.10. The fourth-order valence-electron chi connectivity index (χ4n) is 1.51. The van der Waals surface area contributed by atoms with E-state index in [1.807, 2.05) is 0 Å². The molecular weight excluding hydrogens is 434 g/mol. The molecule has 0 aliphatic carbocycles. The van der Waals surface area contributed by atoms with Gasteiger partial charge in [0.1, 0.15) is 0 Å². The molecule has 0 aliphatic heterocycles. The van der Waals surface area contributed by atoms with Crippen molar-refractivity contribution < 1.29 is 33.8 Å². The van der Waals surface area contributed by atoms with Crippen LogP contribution in [0.1, 0.15) is 6.42 Å². The van der Waals surface area contributed by atoms with E-state index >= 15 is 0 Å². The number of aliphatic hydroxyl groups is 1. The normalized spacial score (nSPS) is 12.8. The lowest BCUT2D eigenvalue weighted by molar-refractivity contribution is 0.124. The van der Waals surface area contributed by atoms with E-state index in [1.54, 1.807) is 24.3 Å². The Morgan fingerprint density at radius 3 is 2.04 bits per heavy atom. The van der Waals surface area contributed by atoms with Gasteiger partial charge < -0.3 is 35.3 Å². The molecular formula is C10H15BrN2O7P2S. The van der Waals surface area contributed by atoms with Gasteiger partial charge in [0.15, 0.2) is 5.11 Å². The summed E-state index contributed by atoms with van der Waals surface area (Å²) in [7, 11) is -10.9. The topological polar surface area (TPSA) is 159 Å². The van der Waals surface area contributed by atoms with E-state index in [9.17, 15) is 14.2 Å². The summed E-state index contributed by atoms with van der Waals surface area (Å²) in [4.78, 5) is 35.9. The number of rotatable bonds is 6. The quantitative estimate of drug-likeness (QED) is 0.248. The van der Waals surface area contributed by atoms with E-state index in [4.69, 9.17) is 31.8 Å². The number of benzene rings is 1. The summed E-state index contributed by atoms with van der Waals surface area (Å²) in [6.45, 7) is -0.366. The van der Waals surface area contributed by atoms with Crippen molar-refractivity contribution in [3.8, 4) is 0 Å². The predicted molar refractivity (Wildman–Crippen MR) is 92.0 cm³/mol. The molecule has 23 heavy (non-hydrogen) atoms. The molecule has 1 rings (SSSR count). The molecule has 1 aromatic carbocycles. The van der Waals surface area contributed by atoms with Gasteiger partial charge in [-0.1, -0.05) is 15.9 Å². The molecule has 1 aromatic rings. The highest BCUT2D eigenvalue weighted by Crippen LogP contribution is 2.68. The van der Waals surface area contributed by atoms with E-state index in [0.717, 1.165) is 4.47 Å². The van der Waals surface area contributed by atoms with Crippen molar-refractivity contribution in [3.05, 3.63) is 28.7 Å². The average Bonchev–Trinajstić information content (AvgIpc) is 2.38. The predicted octanol–water partition coefficient (Wildman–Crippen LogP) is 1.13. The molecule has 0 saturated carbocycles. The van der Waals surface area contributed by atoms with Crippen LogP contribution < -0.4 is 10.6 Å². The van der Waals surface area contributed by atoms with Crippen LogP contribution in [-0.2, 0) is 9.13 Å². The molecule has 0 heterocycles. The molecule has 0 atom stereocenters. The summed E-state index contributed by atoms with van der Waals surface area (Å²) < 4.78 is 23.2. The molecule has 0 unspecified atom stereocenters. The third-order valence-corrected chi connectivity index (χ3v) is 7.43. The first-order valence-electron chi connectivity index (χ1n) is 6.01. The monoisotopic (exact) mass is 448 g/mol. The van der Waals surface area contributed by atoms with Crippen LogP contribution >= 0.6 is 43.3 Å². The number of hydrogen-bond acceptors (Lipinski definition) is 4. The van der Waals surface area contributed by atoms with Gasteiger partial charge in [0, 0.05) is 23.1 Å². The maximum absolute atomic E-state index is 11.2. The van der Waals surface area contributed by atoms with Crippen LogP contribution in [0, 0.1) is 0 Å².